The van der Waals surface area contributed by atoms with E-state index in [2.05, 4.69) is 32.0 Å². The summed E-state index contributed by atoms with van der Waals surface area (Å²) in [7, 11) is 0. The van der Waals surface area contributed by atoms with Crippen molar-refractivity contribution in [2.24, 2.45) is 0 Å². The van der Waals surface area contributed by atoms with Gasteiger partial charge in [-0.2, -0.15) is 0 Å². The van der Waals surface area contributed by atoms with E-state index in [-0.39, 0.29) is 6.67 Å². The lowest BCUT2D eigenvalue weighted by atomic mass is 9.95. The maximum Gasteiger partial charge on any atom is 0.0997 e. The Morgan fingerprint density at radius 2 is 1.80 bits per heavy atom. The molecule has 0 aromatic heterocycles. The highest BCUT2D eigenvalue weighted by Crippen LogP contribution is 2.20. The predicted octanol–water partition coefficient (Wildman–Crippen LogP) is 4.11. The Hall–Kier alpha value is -0.850. The van der Waals surface area contributed by atoms with Crippen LogP contribution in [-0.2, 0) is 12.8 Å². The van der Waals surface area contributed by atoms with Crippen molar-refractivity contribution in [3.63, 3.8) is 0 Å². The van der Waals surface area contributed by atoms with E-state index in [4.69, 9.17) is 0 Å². The summed E-state index contributed by atoms with van der Waals surface area (Å²) in [6, 6.07) is 6.46. The highest BCUT2D eigenvalue weighted by atomic mass is 19.1. The number of benzene rings is 1. The van der Waals surface area contributed by atoms with Gasteiger partial charge in [-0.1, -0.05) is 45.4 Å². The maximum atomic E-state index is 12.6. The Morgan fingerprint density at radius 3 is 2.33 bits per heavy atom. The zero-order valence-corrected chi connectivity index (χ0v) is 9.94. The van der Waals surface area contributed by atoms with E-state index in [0.717, 1.165) is 30.7 Å². The smallest absolute Gasteiger partial charge is 0.0997 e. The van der Waals surface area contributed by atoms with Crippen molar-refractivity contribution in [1.82, 2.24) is 0 Å². The summed E-state index contributed by atoms with van der Waals surface area (Å²) in [5, 5.41) is 0. The van der Waals surface area contributed by atoms with Crippen LogP contribution in [0, 0.1) is 5.92 Å². The lowest BCUT2D eigenvalue weighted by molar-refractivity contribution is 0.516. The minimum atomic E-state index is -0.348. The van der Waals surface area contributed by atoms with Gasteiger partial charge in [-0.15, -0.1) is 0 Å². The Labute approximate surface area is 92.5 Å². The van der Waals surface area contributed by atoms with Gasteiger partial charge >= 0.3 is 0 Å². The molecule has 1 aromatic rings. The molecule has 0 bridgehead atoms. The summed E-state index contributed by atoms with van der Waals surface area (Å²) in [5.41, 5.74) is 3.71. The molecule has 0 aliphatic heterocycles. The molecule has 1 radical (unpaired) electrons. The first-order valence-electron chi connectivity index (χ1n) is 5.72. The molecule has 0 fully saturated rings. The SMILES string of the molecule is CCCc1cc(CC)cc([C](C)CF)c1. The maximum absolute atomic E-state index is 12.6. The van der Waals surface area contributed by atoms with Gasteiger partial charge < -0.3 is 0 Å². The van der Waals surface area contributed by atoms with Gasteiger partial charge in [-0.05, 0) is 29.5 Å². The number of hydrogen-bond acceptors (Lipinski definition) is 0. The molecule has 15 heavy (non-hydrogen) atoms. The third-order valence-corrected chi connectivity index (χ3v) is 2.69. The quantitative estimate of drug-likeness (QED) is 0.681. The third-order valence-electron chi connectivity index (χ3n) is 2.69. The van der Waals surface area contributed by atoms with Gasteiger partial charge in [0.15, 0.2) is 0 Å². The zero-order chi connectivity index (χ0) is 11.3. The van der Waals surface area contributed by atoms with E-state index in [9.17, 15) is 4.39 Å². The molecule has 0 unspecified atom stereocenters. The van der Waals surface area contributed by atoms with E-state index >= 15 is 0 Å². The lowest BCUT2D eigenvalue weighted by Crippen LogP contribution is -2.00. The number of halogens is 1. The zero-order valence-electron chi connectivity index (χ0n) is 9.94. The number of hydrogen-bond donors (Lipinski definition) is 0. The van der Waals surface area contributed by atoms with Crippen LogP contribution in [-0.4, -0.2) is 6.67 Å². The summed E-state index contributed by atoms with van der Waals surface area (Å²) >= 11 is 0. The predicted molar refractivity (Wildman–Crippen MR) is 63.8 cm³/mol. The van der Waals surface area contributed by atoms with Crippen molar-refractivity contribution in [2.75, 3.05) is 6.67 Å². The first-order chi connectivity index (χ1) is 7.21. The Kier molecular flexibility index (Phi) is 4.80. The number of alkyl halides is 1. The van der Waals surface area contributed by atoms with Crippen LogP contribution < -0.4 is 0 Å². The molecule has 0 aliphatic carbocycles. The molecule has 0 aliphatic rings. The molecule has 0 atom stereocenters. The van der Waals surface area contributed by atoms with Gasteiger partial charge in [0.1, 0.15) is 0 Å². The molecule has 0 saturated heterocycles. The average Bonchev–Trinajstić information content (AvgIpc) is 2.28. The average molecular weight is 207 g/mol. The van der Waals surface area contributed by atoms with Crippen LogP contribution in [0.5, 0.6) is 0 Å². The Balaban J connectivity index is 2.99. The van der Waals surface area contributed by atoms with Crippen LogP contribution in [0.25, 0.3) is 0 Å². The van der Waals surface area contributed by atoms with Crippen LogP contribution in [0.3, 0.4) is 0 Å². The number of rotatable bonds is 5. The second-order valence-electron chi connectivity index (χ2n) is 4.06. The monoisotopic (exact) mass is 207 g/mol. The van der Waals surface area contributed by atoms with Gasteiger partial charge in [0, 0.05) is 5.92 Å². The normalized spacial score (nSPS) is 11.0. The molecule has 1 rings (SSSR count). The minimum absolute atomic E-state index is 0.348. The van der Waals surface area contributed by atoms with Crippen LogP contribution in [0.15, 0.2) is 18.2 Å². The van der Waals surface area contributed by atoms with Crippen LogP contribution in [0.2, 0.25) is 0 Å². The molecule has 0 N–H and O–H groups in total. The van der Waals surface area contributed by atoms with Crippen LogP contribution >= 0.6 is 0 Å². The molecule has 83 valence electrons. The Morgan fingerprint density at radius 1 is 1.13 bits per heavy atom. The molecule has 1 aromatic carbocycles. The molecule has 1 heteroatoms. The minimum Gasteiger partial charge on any atom is -0.250 e. The molecular weight excluding hydrogens is 187 g/mol. The molecule has 0 heterocycles. The first kappa shape index (κ1) is 12.2. The fourth-order valence-corrected chi connectivity index (χ4v) is 1.72. The molecule has 0 spiro atoms. The molecular formula is C14H20F. The van der Waals surface area contributed by atoms with Gasteiger partial charge in [0.25, 0.3) is 0 Å². The van der Waals surface area contributed by atoms with Crippen LogP contribution in [0.1, 0.15) is 43.9 Å². The van der Waals surface area contributed by atoms with Crippen molar-refractivity contribution < 1.29 is 4.39 Å². The van der Waals surface area contributed by atoms with Gasteiger partial charge in [-0.25, -0.2) is 0 Å². The largest absolute Gasteiger partial charge is 0.250 e. The Bertz CT molecular complexity index is 304. The molecule has 0 saturated carbocycles. The van der Waals surface area contributed by atoms with Crippen molar-refractivity contribution >= 4 is 0 Å². The second-order valence-corrected chi connectivity index (χ2v) is 4.06. The summed E-state index contributed by atoms with van der Waals surface area (Å²) in [6.07, 6.45) is 3.24. The van der Waals surface area contributed by atoms with Crippen molar-refractivity contribution in [1.29, 1.82) is 0 Å². The third kappa shape index (κ3) is 3.33. The van der Waals surface area contributed by atoms with Crippen molar-refractivity contribution in [3.8, 4) is 0 Å². The topological polar surface area (TPSA) is 0 Å². The summed E-state index contributed by atoms with van der Waals surface area (Å²) in [4.78, 5) is 0. The van der Waals surface area contributed by atoms with Gasteiger partial charge in [0.2, 0.25) is 0 Å². The van der Waals surface area contributed by atoms with Gasteiger partial charge in [0.05, 0.1) is 6.67 Å². The fourth-order valence-electron chi connectivity index (χ4n) is 1.72. The highest BCUT2D eigenvalue weighted by Gasteiger charge is 2.07. The van der Waals surface area contributed by atoms with E-state index in [1.807, 2.05) is 6.92 Å². The van der Waals surface area contributed by atoms with Gasteiger partial charge in [-0.3, -0.25) is 4.39 Å². The van der Waals surface area contributed by atoms with Crippen LogP contribution in [0.4, 0.5) is 4.39 Å². The second kappa shape index (κ2) is 5.89. The molecule has 0 amide bonds. The highest BCUT2D eigenvalue weighted by molar-refractivity contribution is 5.38. The summed E-state index contributed by atoms with van der Waals surface area (Å²) < 4.78 is 12.6. The first-order valence-corrected chi connectivity index (χ1v) is 5.72. The van der Waals surface area contributed by atoms with Crippen molar-refractivity contribution in [2.45, 2.75) is 40.0 Å². The lowest BCUT2D eigenvalue weighted by Gasteiger charge is -2.11. The van der Waals surface area contributed by atoms with E-state index in [1.165, 1.54) is 11.1 Å². The standard InChI is InChI=1S/C14H20F/c1-4-6-13-7-12(5-2)8-14(9-13)11(3)10-15/h7-9H,4-6,10H2,1-3H3. The van der Waals surface area contributed by atoms with E-state index in [1.54, 1.807) is 0 Å². The molecule has 0 nitrogen and oxygen atoms in total. The summed E-state index contributed by atoms with van der Waals surface area (Å²) in [5.74, 6) is 0.836. The van der Waals surface area contributed by atoms with E-state index < -0.39 is 0 Å². The summed E-state index contributed by atoms with van der Waals surface area (Å²) in [6.45, 7) is 5.83. The number of aryl methyl sites for hydroxylation is 2. The van der Waals surface area contributed by atoms with Crippen molar-refractivity contribution in [3.05, 3.63) is 40.8 Å². The fraction of sp³-hybridized carbons (Fsp3) is 0.500. The van der Waals surface area contributed by atoms with E-state index in [0.29, 0.717) is 0 Å².